The Labute approximate surface area is 132 Å². The average Bonchev–Trinajstić information content (AvgIpc) is 2.73. The molecule has 2 heterocycles. The SMILES string of the molecule is Cc1cc(C)c2[nH]c(C)c(C[NH+]3CCCCCC3)c(=O)c2c1. The maximum Gasteiger partial charge on any atom is 0.198 e. The summed E-state index contributed by atoms with van der Waals surface area (Å²) in [6, 6.07) is 4.17. The summed E-state index contributed by atoms with van der Waals surface area (Å²) in [6.07, 6.45) is 5.26. The highest BCUT2D eigenvalue weighted by Crippen LogP contribution is 2.17. The molecular weight excluding hydrogens is 272 g/mol. The molecule has 2 N–H and O–H groups in total. The summed E-state index contributed by atoms with van der Waals surface area (Å²) >= 11 is 0. The van der Waals surface area contributed by atoms with Crippen molar-refractivity contribution < 1.29 is 4.90 Å². The van der Waals surface area contributed by atoms with E-state index < -0.39 is 0 Å². The first kappa shape index (κ1) is 15.3. The van der Waals surface area contributed by atoms with Crippen LogP contribution in [0.5, 0.6) is 0 Å². The smallest absolute Gasteiger partial charge is 0.198 e. The van der Waals surface area contributed by atoms with Gasteiger partial charge >= 0.3 is 0 Å². The fourth-order valence-electron chi connectivity index (χ4n) is 3.78. The molecule has 0 atom stereocenters. The number of rotatable bonds is 2. The van der Waals surface area contributed by atoms with E-state index in [9.17, 15) is 4.79 Å². The summed E-state index contributed by atoms with van der Waals surface area (Å²) in [5.74, 6) is 0. The average molecular weight is 299 g/mol. The Balaban J connectivity index is 2.04. The quantitative estimate of drug-likeness (QED) is 0.878. The van der Waals surface area contributed by atoms with Crippen LogP contribution in [0.15, 0.2) is 16.9 Å². The van der Waals surface area contributed by atoms with Crippen molar-refractivity contribution in [3.05, 3.63) is 44.7 Å². The van der Waals surface area contributed by atoms with E-state index in [-0.39, 0.29) is 5.43 Å². The minimum absolute atomic E-state index is 0.231. The molecule has 1 fully saturated rings. The number of aryl methyl sites for hydroxylation is 3. The van der Waals surface area contributed by atoms with Crippen molar-refractivity contribution in [2.45, 2.75) is 53.0 Å². The maximum absolute atomic E-state index is 13.0. The first-order valence-electron chi connectivity index (χ1n) is 8.52. The molecule has 0 amide bonds. The number of nitrogens with one attached hydrogen (secondary N) is 2. The Morgan fingerprint density at radius 2 is 1.73 bits per heavy atom. The van der Waals surface area contributed by atoms with Crippen LogP contribution in [0, 0.1) is 20.8 Å². The van der Waals surface area contributed by atoms with Gasteiger partial charge in [0.1, 0.15) is 6.54 Å². The predicted molar refractivity (Wildman–Crippen MR) is 91.6 cm³/mol. The minimum Gasteiger partial charge on any atom is -0.358 e. The number of aromatic nitrogens is 1. The zero-order valence-corrected chi connectivity index (χ0v) is 14.0. The van der Waals surface area contributed by atoms with Crippen molar-refractivity contribution in [2.24, 2.45) is 0 Å². The van der Waals surface area contributed by atoms with Gasteiger partial charge < -0.3 is 9.88 Å². The third-order valence-corrected chi connectivity index (χ3v) is 5.00. The Hall–Kier alpha value is -1.61. The van der Waals surface area contributed by atoms with E-state index in [1.165, 1.54) is 38.8 Å². The normalized spacial score (nSPS) is 16.9. The molecule has 3 nitrogen and oxygen atoms in total. The molecule has 0 spiro atoms. The summed E-state index contributed by atoms with van der Waals surface area (Å²) in [4.78, 5) is 18.0. The fraction of sp³-hybridized carbons (Fsp3) is 0.526. The van der Waals surface area contributed by atoms with Crippen molar-refractivity contribution >= 4 is 10.9 Å². The molecule has 0 bridgehead atoms. The van der Waals surface area contributed by atoms with E-state index in [1.54, 1.807) is 4.90 Å². The van der Waals surface area contributed by atoms with E-state index in [4.69, 9.17) is 0 Å². The number of pyridine rings is 1. The molecular formula is C19H27N2O+. The molecule has 1 aromatic heterocycles. The van der Waals surface area contributed by atoms with E-state index in [2.05, 4.69) is 24.9 Å². The van der Waals surface area contributed by atoms with Gasteiger partial charge in [-0.15, -0.1) is 0 Å². The maximum atomic E-state index is 13.0. The van der Waals surface area contributed by atoms with Crippen molar-refractivity contribution in [3.63, 3.8) is 0 Å². The molecule has 0 aliphatic carbocycles. The number of quaternary nitrogens is 1. The highest BCUT2D eigenvalue weighted by Gasteiger charge is 2.18. The second kappa shape index (κ2) is 6.25. The van der Waals surface area contributed by atoms with E-state index >= 15 is 0 Å². The van der Waals surface area contributed by atoms with Crippen molar-refractivity contribution in [2.75, 3.05) is 13.1 Å². The van der Waals surface area contributed by atoms with Crippen molar-refractivity contribution in [3.8, 4) is 0 Å². The molecule has 0 saturated carbocycles. The number of H-pyrrole nitrogens is 1. The number of benzene rings is 1. The summed E-state index contributed by atoms with van der Waals surface area (Å²) in [7, 11) is 0. The number of fused-ring (bicyclic) bond motifs is 1. The van der Waals surface area contributed by atoms with Gasteiger partial charge in [0, 0.05) is 11.1 Å². The zero-order valence-electron chi connectivity index (χ0n) is 14.0. The first-order chi connectivity index (χ1) is 10.6. The molecule has 1 aliphatic heterocycles. The van der Waals surface area contributed by atoms with Crippen LogP contribution in [0.2, 0.25) is 0 Å². The third kappa shape index (κ3) is 2.95. The van der Waals surface area contributed by atoms with Crippen LogP contribution in [-0.2, 0) is 6.54 Å². The molecule has 0 unspecified atom stereocenters. The third-order valence-electron chi connectivity index (χ3n) is 5.00. The Morgan fingerprint density at radius 1 is 1.05 bits per heavy atom. The fourth-order valence-corrected chi connectivity index (χ4v) is 3.78. The van der Waals surface area contributed by atoms with Gasteiger partial charge in [0.25, 0.3) is 0 Å². The van der Waals surface area contributed by atoms with Crippen molar-refractivity contribution in [1.82, 2.24) is 4.98 Å². The summed E-state index contributed by atoms with van der Waals surface area (Å²) in [5, 5.41) is 0.854. The van der Waals surface area contributed by atoms with Crippen molar-refractivity contribution in [1.29, 1.82) is 0 Å². The molecule has 22 heavy (non-hydrogen) atoms. The molecule has 3 rings (SSSR count). The van der Waals surface area contributed by atoms with Crippen LogP contribution < -0.4 is 10.3 Å². The summed E-state index contributed by atoms with van der Waals surface area (Å²) in [5.41, 5.74) is 5.57. The summed E-state index contributed by atoms with van der Waals surface area (Å²) < 4.78 is 0. The molecule has 118 valence electrons. The largest absolute Gasteiger partial charge is 0.358 e. The molecule has 0 radical (unpaired) electrons. The topological polar surface area (TPSA) is 37.3 Å². The molecule has 1 saturated heterocycles. The summed E-state index contributed by atoms with van der Waals surface area (Å²) in [6.45, 7) is 9.44. The van der Waals surface area contributed by atoms with E-state index in [0.717, 1.165) is 39.8 Å². The van der Waals surface area contributed by atoms with Crippen LogP contribution in [0.3, 0.4) is 0 Å². The lowest BCUT2D eigenvalue weighted by Crippen LogP contribution is -3.10. The van der Waals surface area contributed by atoms with Crippen LogP contribution in [0.25, 0.3) is 10.9 Å². The number of aromatic amines is 1. The van der Waals surface area contributed by atoms with Gasteiger partial charge in [-0.3, -0.25) is 4.79 Å². The first-order valence-corrected chi connectivity index (χ1v) is 8.52. The van der Waals surface area contributed by atoms with E-state index in [0.29, 0.717) is 0 Å². The van der Waals surface area contributed by atoms with Gasteiger partial charge in [-0.05, 0) is 63.6 Å². The highest BCUT2D eigenvalue weighted by molar-refractivity contribution is 5.83. The van der Waals surface area contributed by atoms with Gasteiger partial charge in [-0.25, -0.2) is 0 Å². The molecule has 1 aliphatic rings. The predicted octanol–water partition coefficient (Wildman–Crippen LogP) is 2.41. The molecule has 2 aromatic rings. The van der Waals surface area contributed by atoms with Crippen LogP contribution in [0.1, 0.15) is 48.1 Å². The van der Waals surface area contributed by atoms with Gasteiger partial charge in [0.05, 0.1) is 24.2 Å². The standard InChI is InChI=1S/C19H26N2O/c1-13-10-14(2)18-16(11-13)19(22)17(15(3)20-18)12-21-8-6-4-5-7-9-21/h10-11H,4-9,12H2,1-3H3,(H,20,22)/p+1. The van der Waals surface area contributed by atoms with Gasteiger partial charge in [-0.1, -0.05) is 6.07 Å². The number of hydrogen-bond donors (Lipinski definition) is 2. The minimum atomic E-state index is 0.231. The Morgan fingerprint density at radius 3 is 2.41 bits per heavy atom. The van der Waals surface area contributed by atoms with Gasteiger partial charge in [0.15, 0.2) is 5.43 Å². The Bertz CT molecular complexity index is 737. The zero-order chi connectivity index (χ0) is 15.7. The highest BCUT2D eigenvalue weighted by atomic mass is 16.1. The monoisotopic (exact) mass is 299 g/mol. The lowest BCUT2D eigenvalue weighted by Gasteiger charge is -2.18. The van der Waals surface area contributed by atoms with Crippen LogP contribution in [0.4, 0.5) is 0 Å². The number of likely N-dealkylation sites (tertiary alicyclic amines) is 1. The van der Waals surface area contributed by atoms with Gasteiger partial charge in [0.2, 0.25) is 0 Å². The second-order valence-electron chi connectivity index (χ2n) is 6.90. The number of hydrogen-bond acceptors (Lipinski definition) is 1. The van der Waals surface area contributed by atoms with E-state index in [1.807, 2.05) is 13.0 Å². The lowest BCUT2D eigenvalue weighted by molar-refractivity contribution is -0.913. The van der Waals surface area contributed by atoms with Gasteiger partial charge in [-0.2, -0.15) is 0 Å². The van der Waals surface area contributed by atoms with Crippen LogP contribution in [-0.4, -0.2) is 18.1 Å². The Kier molecular flexibility index (Phi) is 4.34. The molecule has 3 heteroatoms. The van der Waals surface area contributed by atoms with Crippen LogP contribution >= 0.6 is 0 Å². The lowest BCUT2D eigenvalue weighted by atomic mass is 10.0. The second-order valence-corrected chi connectivity index (χ2v) is 6.90. The molecule has 1 aromatic carbocycles.